The molecule has 0 aliphatic carbocycles. The molecule has 3 fully saturated rings. The predicted octanol–water partition coefficient (Wildman–Crippen LogP) is 4.55. The minimum atomic E-state index is -1.51. The van der Waals surface area contributed by atoms with Gasteiger partial charge in [-0.05, 0) is 102 Å². The van der Waals surface area contributed by atoms with Crippen molar-refractivity contribution in [2.75, 3.05) is 41.3 Å². The smallest absolute Gasteiger partial charge is 0.309 e. The van der Waals surface area contributed by atoms with Crippen LogP contribution in [-0.4, -0.2) is 176 Å². The molecule has 0 radical (unpaired) electrons. The Bertz CT molecular complexity index is 2070. The third kappa shape index (κ3) is 15.5. The normalized spacial score (nSPS) is 35.3. The molecule has 17 heteroatoms. The zero-order chi connectivity index (χ0) is 51.3. The van der Waals surface area contributed by atoms with Crippen LogP contribution >= 0.6 is 0 Å². The Morgan fingerprint density at radius 3 is 2.31 bits per heavy atom. The van der Waals surface area contributed by atoms with Crippen molar-refractivity contribution >= 4 is 35.0 Å². The first-order chi connectivity index (χ1) is 33.3. The molecule has 390 valence electrons. The molecule has 5 rings (SSSR count). The molecule has 0 bridgehead atoms. The number of fused-ring (bicyclic) bond motifs is 1. The SMILES string of the molecule is CCC(=O)O[C@@H]1CC(=O)O[C@@H](CC#Cc2ccc3ccccc3c2)CCCN(C)C[C@H](O)[C@H](C)C[C@H](CC=O)[C@H](O[C@@H]2OC(C)[C@@H](O[C@H]3CC(C)(O)[C@@H](OC(=O)CC)C(C)O3)C(N(C)C)C2O)[C@H]1OC. The summed E-state index contributed by atoms with van der Waals surface area (Å²) in [7, 11) is 6.81. The van der Waals surface area contributed by atoms with Crippen molar-refractivity contribution in [2.24, 2.45) is 11.8 Å². The lowest BCUT2D eigenvalue weighted by Gasteiger charge is -2.50. The van der Waals surface area contributed by atoms with Gasteiger partial charge >= 0.3 is 17.9 Å². The van der Waals surface area contributed by atoms with E-state index in [1.165, 1.54) is 7.11 Å². The van der Waals surface area contributed by atoms with Crippen molar-refractivity contribution in [1.82, 2.24) is 9.80 Å². The van der Waals surface area contributed by atoms with Gasteiger partial charge in [0.2, 0.25) is 0 Å². The number of carbonyl (C=O) groups is 4. The fourth-order valence-electron chi connectivity index (χ4n) is 9.95. The first kappa shape index (κ1) is 56.8. The summed E-state index contributed by atoms with van der Waals surface area (Å²) in [5.74, 6) is 3.58. The number of ether oxygens (including phenoxy) is 8. The molecule has 0 saturated carbocycles. The van der Waals surface area contributed by atoms with E-state index in [1.54, 1.807) is 53.6 Å². The number of nitrogens with zero attached hydrogens (tertiary/aromatic N) is 2. The Hall–Kier alpha value is -4.06. The number of cyclic esters (lactones) is 1. The van der Waals surface area contributed by atoms with E-state index in [2.05, 4.69) is 11.8 Å². The molecule has 3 aliphatic rings. The molecule has 0 spiro atoms. The van der Waals surface area contributed by atoms with E-state index in [9.17, 15) is 34.5 Å². The maximum absolute atomic E-state index is 14.1. The van der Waals surface area contributed by atoms with Crippen molar-refractivity contribution < 1.29 is 72.4 Å². The standard InChI is InChI=1S/C53H78N2O15/c1-11-42(58)67-41-29-44(60)66-39(20-15-17-35-22-23-36-18-13-14-19-37(36)28-35)21-16-25-55(9)31-40(57)32(3)27-38(24-26-56)49(50(41)63-10)70-52-47(61)46(54(7)8)48(33(4)65-52)69-45-30-53(6,62)51(34(5)64-45)68-43(59)12-2/h13-14,18-19,22-23,26,28,32-34,38-41,45-52,57,61-62H,11-12,16,20-21,24-25,27,29-31H2,1-10H3/t32-,33?,34?,38+,39+,40+,41-,45+,46?,47?,48-,49+,50+,51+,52+,53?/m1/s1. The molecule has 0 aromatic heterocycles. The molecule has 2 aromatic rings. The topological polar surface area (TPSA) is 209 Å². The van der Waals surface area contributed by atoms with E-state index < -0.39 is 116 Å². The summed E-state index contributed by atoms with van der Waals surface area (Å²) in [6.07, 6.45) is -10.4. The van der Waals surface area contributed by atoms with Gasteiger partial charge in [-0.2, -0.15) is 0 Å². The molecule has 70 heavy (non-hydrogen) atoms. The highest BCUT2D eigenvalue weighted by Crippen LogP contribution is 2.38. The number of hydrogen-bond acceptors (Lipinski definition) is 17. The summed E-state index contributed by atoms with van der Waals surface area (Å²) >= 11 is 0. The number of hydrogen-bond donors (Lipinski definition) is 3. The maximum atomic E-state index is 14.1. The van der Waals surface area contributed by atoms with Gasteiger partial charge in [0.05, 0.1) is 36.9 Å². The maximum Gasteiger partial charge on any atom is 0.309 e. The summed E-state index contributed by atoms with van der Waals surface area (Å²) < 4.78 is 49.8. The van der Waals surface area contributed by atoms with Crippen molar-refractivity contribution in [3.05, 3.63) is 48.0 Å². The zero-order valence-electron chi connectivity index (χ0n) is 42.7. The first-order valence-corrected chi connectivity index (χ1v) is 24.9. The molecule has 3 N–H and O–H groups in total. The lowest BCUT2D eigenvalue weighted by molar-refractivity contribution is -0.344. The average Bonchev–Trinajstić information content (AvgIpc) is 3.30. The molecule has 0 amide bonds. The fourth-order valence-corrected chi connectivity index (χ4v) is 9.95. The van der Waals surface area contributed by atoms with E-state index in [0.29, 0.717) is 25.9 Å². The van der Waals surface area contributed by atoms with E-state index in [4.69, 9.17) is 37.9 Å². The Kier molecular flexibility index (Phi) is 21.6. The van der Waals surface area contributed by atoms with Crippen LogP contribution in [0.2, 0.25) is 0 Å². The average molecular weight is 983 g/mol. The second-order valence-corrected chi connectivity index (χ2v) is 19.8. The second-order valence-electron chi connectivity index (χ2n) is 19.8. The zero-order valence-corrected chi connectivity index (χ0v) is 42.7. The molecule has 3 heterocycles. The number of β-amino-alcohol motifs (C(OH)–C–C–N with tert-alkyl or cyclic N) is 1. The molecule has 3 aliphatic heterocycles. The van der Waals surface area contributed by atoms with Gasteiger partial charge in [-0.3, -0.25) is 14.4 Å². The summed E-state index contributed by atoms with van der Waals surface area (Å²) in [5, 5.41) is 37.5. The van der Waals surface area contributed by atoms with Gasteiger partial charge in [-0.1, -0.05) is 62.9 Å². The summed E-state index contributed by atoms with van der Waals surface area (Å²) in [5.41, 5.74) is -0.685. The van der Waals surface area contributed by atoms with Crippen LogP contribution < -0.4 is 0 Å². The van der Waals surface area contributed by atoms with Crippen LogP contribution in [0.4, 0.5) is 0 Å². The molecule has 5 unspecified atom stereocenters. The van der Waals surface area contributed by atoms with Gasteiger partial charge < -0.3 is 67.8 Å². The van der Waals surface area contributed by atoms with E-state index in [0.717, 1.165) is 22.6 Å². The van der Waals surface area contributed by atoms with Crippen LogP contribution in [0, 0.1) is 23.7 Å². The van der Waals surface area contributed by atoms with Crippen LogP contribution in [0.1, 0.15) is 105 Å². The van der Waals surface area contributed by atoms with Gasteiger partial charge in [-0.15, -0.1) is 0 Å². The molecule has 3 saturated heterocycles. The number of aliphatic hydroxyl groups excluding tert-OH is 2. The largest absolute Gasteiger partial charge is 0.461 e. The Morgan fingerprint density at radius 1 is 0.957 bits per heavy atom. The number of rotatable bonds is 13. The Balaban J connectivity index is 1.45. The van der Waals surface area contributed by atoms with Crippen LogP contribution in [0.25, 0.3) is 10.8 Å². The molecular weight excluding hydrogens is 905 g/mol. The fraction of sp³-hybridized carbons (Fsp3) is 0.698. The monoisotopic (exact) mass is 983 g/mol. The molecule has 16 atom stereocenters. The highest BCUT2D eigenvalue weighted by atomic mass is 16.7. The van der Waals surface area contributed by atoms with Crippen molar-refractivity contribution in [3.63, 3.8) is 0 Å². The Labute approximate surface area is 413 Å². The molecule has 17 nitrogen and oxygen atoms in total. The second kappa shape index (κ2) is 26.6. The summed E-state index contributed by atoms with van der Waals surface area (Å²) in [6.45, 7) is 11.1. The van der Waals surface area contributed by atoms with Crippen molar-refractivity contribution in [3.8, 4) is 11.8 Å². The van der Waals surface area contributed by atoms with Crippen LogP contribution in [-0.2, 0) is 57.1 Å². The lowest BCUT2D eigenvalue weighted by Crippen LogP contribution is -2.66. The number of aliphatic hydroxyl groups is 3. The molecular formula is C53H78N2O15. The highest BCUT2D eigenvalue weighted by Gasteiger charge is 2.53. The van der Waals surface area contributed by atoms with Crippen LogP contribution in [0.3, 0.4) is 0 Å². The minimum Gasteiger partial charge on any atom is -0.461 e. The van der Waals surface area contributed by atoms with Crippen molar-refractivity contribution in [2.45, 2.75) is 185 Å². The summed E-state index contributed by atoms with van der Waals surface area (Å²) in [6, 6.07) is 13.2. The van der Waals surface area contributed by atoms with Gasteiger partial charge in [0.1, 0.15) is 42.4 Å². The van der Waals surface area contributed by atoms with Gasteiger partial charge in [0.25, 0.3) is 0 Å². The third-order valence-corrected chi connectivity index (χ3v) is 13.8. The van der Waals surface area contributed by atoms with E-state index in [1.807, 2.05) is 61.3 Å². The molecule has 2 aromatic carbocycles. The number of benzene rings is 2. The minimum absolute atomic E-state index is 0.0215. The van der Waals surface area contributed by atoms with Crippen LogP contribution in [0.5, 0.6) is 0 Å². The van der Waals surface area contributed by atoms with Crippen molar-refractivity contribution in [1.29, 1.82) is 0 Å². The predicted molar refractivity (Wildman–Crippen MR) is 259 cm³/mol. The lowest BCUT2D eigenvalue weighted by atomic mass is 9.82. The number of aldehydes is 1. The first-order valence-electron chi connectivity index (χ1n) is 24.9. The quantitative estimate of drug-likeness (QED) is 0.109. The van der Waals surface area contributed by atoms with Gasteiger partial charge in [0, 0.05) is 51.3 Å². The van der Waals surface area contributed by atoms with E-state index >= 15 is 0 Å². The van der Waals surface area contributed by atoms with Crippen LogP contribution in [0.15, 0.2) is 42.5 Å². The highest BCUT2D eigenvalue weighted by molar-refractivity contribution is 5.83. The van der Waals surface area contributed by atoms with Gasteiger partial charge in [-0.25, -0.2) is 0 Å². The number of likely N-dealkylation sites (N-methyl/N-ethyl adjacent to an activating group) is 2. The number of methoxy groups -OCH3 is 1. The Morgan fingerprint density at radius 2 is 1.66 bits per heavy atom. The number of carbonyl (C=O) groups excluding carboxylic acids is 4. The summed E-state index contributed by atoms with van der Waals surface area (Å²) in [4.78, 5) is 55.9. The number of esters is 3. The third-order valence-electron chi connectivity index (χ3n) is 13.8. The van der Waals surface area contributed by atoms with Gasteiger partial charge in [0.15, 0.2) is 18.7 Å². The van der Waals surface area contributed by atoms with E-state index in [-0.39, 0.29) is 44.4 Å².